The lowest BCUT2D eigenvalue weighted by Gasteiger charge is -2.09. The molecule has 2 aromatic carbocycles. The molecule has 0 spiro atoms. The zero-order valence-electron chi connectivity index (χ0n) is 15.0. The molecule has 27 heavy (non-hydrogen) atoms. The minimum absolute atomic E-state index is 0.244. The van der Waals surface area contributed by atoms with E-state index in [1.54, 1.807) is 48.9 Å². The fourth-order valence-electron chi connectivity index (χ4n) is 2.53. The predicted octanol–water partition coefficient (Wildman–Crippen LogP) is 5.18. The molecule has 136 valence electrons. The van der Waals surface area contributed by atoms with E-state index >= 15 is 0 Å². The van der Waals surface area contributed by atoms with Crippen LogP contribution in [0.5, 0.6) is 11.5 Å². The Kier molecular flexibility index (Phi) is 5.84. The number of ketones is 1. The summed E-state index contributed by atoms with van der Waals surface area (Å²) in [4.78, 5) is 25.5. The number of ether oxygens (including phenoxy) is 2. The Bertz CT molecular complexity index is 987. The third kappa shape index (κ3) is 4.51. The van der Waals surface area contributed by atoms with Crippen molar-refractivity contribution in [3.63, 3.8) is 0 Å². The van der Waals surface area contributed by atoms with Crippen molar-refractivity contribution in [3.8, 4) is 11.5 Å². The highest BCUT2D eigenvalue weighted by molar-refractivity contribution is 7.12. The van der Waals surface area contributed by atoms with E-state index in [2.05, 4.69) is 0 Å². The topological polar surface area (TPSA) is 52.6 Å². The molecule has 0 aliphatic carbocycles. The molecule has 0 saturated heterocycles. The van der Waals surface area contributed by atoms with Crippen molar-refractivity contribution in [2.75, 3.05) is 7.11 Å². The van der Waals surface area contributed by atoms with Crippen LogP contribution in [0.25, 0.3) is 6.08 Å². The number of thiophene rings is 1. The predicted molar refractivity (Wildman–Crippen MR) is 107 cm³/mol. The molecular weight excluding hydrogens is 360 g/mol. The number of benzene rings is 2. The van der Waals surface area contributed by atoms with Crippen LogP contribution in [-0.2, 0) is 0 Å². The molecule has 0 atom stereocenters. The summed E-state index contributed by atoms with van der Waals surface area (Å²) in [6.45, 7) is 1.88. The van der Waals surface area contributed by atoms with E-state index in [0.29, 0.717) is 16.2 Å². The summed E-state index contributed by atoms with van der Waals surface area (Å²) in [6, 6.07) is 16.0. The summed E-state index contributed by atoms with van der Waals surface area (Å²) in [5, 5.41) is 1.80. The number of hydrogen-bond donors (Lipinski definition) is 0. The van der Waals surface area contributed by atoms with E-state index in [1.807, 2.05) is 31.2 Å². The number of aryl methyl sites for hydroxylation is 1. The minimum Gasteiger partial charge on any atom is -0.496 e. The molecule has 1 aromatic heterocycles. The fraction of sp³-hybridized carbons (Fsp3) is 0.0909. The van der Waals surface area contributed by atoms with E-state index in [1.165, 1.54) is 17.4 Å². The van der Waals surface area contributed by atoms with Gasteiger partial charge in [-0.3, -0.25) is 4.79 Å². The van der Waals surface area contributed by atoms with Gasteiger partial charge in [0.25, 0.3) is 0 Å². The first-order chi connectivity index (χ1) is 13.1. The molecule has 0 fully saturated rings. The largest absolute Gasteiger partial charge is 0.496 e. The van der Waals surface area contributed by atoms with Gasteiger partial charge in [0.05, 0.1) is 12.7 Å². The zero-order valence-corrected chi connectivity index (χ0v) is 15.8. The number of rotatable bonds is 6. The maximum absolute atomic E-state index is 12.7. The highest BCUT2D eigenvalue weighted by Gasteiger charge is 2.16. The standard InChI is InChI=1S/C22H18O4S/c1-15-9-12-20(26-22(24)21-8-5-13-27-21)17(14-15)18(23)11-10-16-6-3-4-7-19(16)25-2/h3-14H,1-2H3/b11-10+. The average molecular weight is 378 g/mol. The van der Waals surface area contributed by atoms with Crippen molar-refractivity contribution < 1.29 is 19.1 Å². The SMILES string of the molecule is COc1ccccc1/C=C/C(=O)c1cc(C)ccc1OC(=O)c1cccs1. The number of carbonyl (C=O) groups is 2. The quantitative estimate of drug-likeness (QED) is 0.257. The molecule has 1 heterocycles. The first-order valence-corrected chi connectivity index (χ1v) is 9.18. The highest BCUT2D eigenvalue weighted by Crippen LogP contribution is 2.24. The Morgan fingerprint density at radius 1 is 1.00 bits per heavy atom. The van der Waals surface area contributed by atoms with Gasteiger partial charge < -0.3 is 9.47 Å². The van der Waals surface area contributed by atoms with Gasteiger partial charge in [0.15, 0.2) is 5.78 Å². The van der Waals surface area contributed by atoms with Gasteiger partial charge in [-0.15, -0.1) is 11.3 Å². The van der Waals surface area contributed by atoms with E-state index in [9.17, 15) is 9.59 Å². The van der Waals surface area contributed by atoms with Crippen LogP contribution in [0, 0.1) is 6.92 Å². The number of allylic oxidation sites excluding steroid dienone is 1. The van der Waals surface area contributed by atoms with Crippen LogP contribution in [0.3, 0.4) is 0 Å². The van der Waals surface area contributed by atoms with Crippen LogP contribution < -0.4 is 9.47 Å². The van der Waals surface area contributed by atoms with Crippen LogP contribution in [0.2, 0.25) is 0 Å². The molecule has 0 amide bonds. The molecule has 3 rings (SSSR count). The van der Waals surface area contributed by atoms with Crippen molar-refractivity contribution in [2.45, 2.75) is 6.92 Å². The monoisotopic (exact) mass is 378 g/mol. The minimum atomic E-state index is -0.475. The number of hydrogen-bond acceptors (Lipinski definition) is 5. The summed E-state index contributed by atoms with van der Waals surface area (Å²) in [7, 11) is 1.58. The van der Waals surface area contributed by atoms with E-state index in [0.717, 1.165) is 11.1 Å². The molecular formula is C22H18O4S. The summed E-state index contributed by atoms with van der Waals surface area (Å²) in [5.74, 6) is 0.194. The van der Waals surface area contributed by atoms with Crippen molar-refractivity contribution in [1.82, 2.24) is 0 Å². The van der Waals surface area contributed by atoms with Gasteiger partial charge in [0.1, 0.15) is 16.4 Å². The van der Waals surface area contributed by atoms with Gasteiger partial charge in [0, 0.05) is 5.56 Å². The van der Waals surface area contributed by atoms with Crippen LogP contribution in [-0.4, -0.2) is 18.9 Å². The molecule has 4 nitrogen and oxygen atoms in total. The van der Waals surface area contributed by atoms with Gasteiger partial charge in [-0.1, -0.05) is 35.9 Å². The summed E-state index contributed by atoms with van der Waals surface area (Å²) >= 11 is 1.29. The van der Waals surface area contributed by atoms with Crippen molar-refractivity contribution >= 4 is 29.2 Å². The van der Waals surface area contributed by atoms with Crippen LogP contribution in [0.15, 0.2) is 66.1 Å². The Morgan fingerprint density at radius 2 is 1.81 bits per heavy atom. The summed E-state index contributed by atoms with van der Waals surface area (Å²) in [6.07, 6.45) is 3.14. The van der Waals surface area contributed by atoms with Gasteiger partial charge in [0.2, 0.25) is 0 Å². The average Bonchev–Trinajstić information content (AvgIpc) is 3.22. The Labute approximate surface area is 161 Å². The van der Waals surface area contributed by atoms with Crippen LogP contribution in [0.1, 0.15) is 31.2 Å². The first kappa shape index (κ1) is 18.6. The van der Waals surface area contributed by atoms with Crippen LogP contribution in [0.4, 0.5) is 0 Å². The van der Waals surface area contributed by atoms with Gasteiger partial charge in [-0.2, -0.15) is 0 Å². The third-order valence-corrected chi connectivity index (χ3v) is 4.73. The lowest BCUT2D eigenvalue weighted by atomic mass is 10.0. The van der Waals surface area contributed by atoms with Gasteiger partial charge >= 0.3 is 5.97 Å². The Morgan fingerprint density at radius 3 is 2.56 bits per heavy atom. The molecule has 0 aliphatic heterocycles. The molecule has 3 aromatic rings. The Balaban J connectivity index is 1.86. The maximum atomic E-state index is 12.7. The molecule has 5 heteroatoms. The second kappa shape index (κ2) is 8.47. The summed E-state index contributed by atoms with van der Waals surface area (Å²) in [5.41, 5.74) is 2.03. The van der Waals surface area contributed by atoms with E-state index < -0.39 is 5.97 Å². The van der Waals surface area contributed by atoms with E-state index in [-0.39, 0.29) is 11.5 Å². The van der Waals surface area contributed by atoms with Crippen molar-refractivity contribution in [1.29, 1.82) is 0 Å². The molecule has 0 unspecified atom stereocenters. The van der Waals surface area contributed by atoms with Gasteiger partial charge in [-0.25, -0.2) is 4.79 Å². The number of esters is 1. The zero-order chi connectivity index (χ0) is 19.2. The van der Waals surface area contributed by atoms with E-state index in [4.69, 9.17) is 9.47 Å². The van der Waals surface area contributed by atoms with Crippen LogP contribution >= 0.6 is 11.3 Å². The third-order valence-electron chi connectivity index (χ3n) is 3.88. The summed E-state index contributed by atoms with van der Waals surface area (Å²) < 4.78 is 10.7. The van der Waals surface area contributed by atoms with Crippen molar-refractivity contribution in [3.05, 3.63) is 87.6 Å². The number of methoxy groups -OCH3 is 1. The normalized spacial score (nSPS) is 10.7. The first-order valence-electron chi connectivity index (χ1n) is 8.30. The second-order valence-corrected chi connectivity index (χ2v) is 6.75. The number of para-hydroxylation sites is 1. The maximum Gasteiger partial charge on any atom is 0.353 e. The lowest BCUT2D eigenvalue weighted by molar-refractivity contribution is 0.0738. The molecule has 0 bridgehead atoms. The second-order valence-electron chi connectivity index (χ2n) is 5.81. The fourth-order valence-corrected chi connectivity index (χ4v) is 3.13. The Hall–Kier alpha value is -3.18. The number of carbonyl (C=O) groups excluding carboxylic acids is 2. The van der Waals surface area contributed by atoms with Crippen molar-refractivity contribution in [2.24, 2.45) is 0 Å². The van der Waals surface area contributed by atoms with Gasteiger partial charge in [-0.05, 0) is 48.7 Å². The molecule has 0 aliphatic rings. The molecule has 0 radical (unpaired) electrons. The lowest BCUT2D eigenvalue weighted by Crippen LogP contribution is -2.10. The molecule has 0 saturated carbocycles. The smallest absolute Gasteiger partial charge is 0.353 e. The molecule has 0 N–H and O–H groups in total. The highest BCUT2D eigenvalue weighted by atomic mass is 32.1.